The predicted molar refractivity (Wildman–Crippen MR) is 211 cm³/mol. The van der Waals surface area contributed by atoms with Gasteiger partial charge in [-0.05, 0) is 30.7 Å². The monoisotopic (exact) mass is 813 g/mol. The average Bonchev–Trinajstić information content (AvgIpc) is 3.77. The number of hydrogen-bond donors (Lipinski definition) is 4. The van der Waals surface area contributed by atoms with Crippen molar-refractivity contribution >= 4 is 19.2 Å². The predicted octanol–water partition coefficient (Wildman–Crippen LogP) is 6.42. The Morgan fingerprint density at radius 1 is 0.965 bits per heavy atom. The Morgan fingerprint density at radius 2 is 1.61 bits per heavy atom. The molecule has 17 heteroatoms. The molecule has 0 saturated carbocycles. The first-order valence-corrected chi connectivity index (χ1v) is 21.8. The standard InChI is InChI=1S/C40H60N7O9P/c1-2-3-4-5-6-7-8-9-10-11-12-13-14-15-16-17-23-52-26-34(53-25-33-20-18-19-32(24-41)46-33)27-55-57(50,51)56-29-39(28-42)38(48)40(49,30-54-39)36-22-21-35-37(43)44-31-45-47(35)36/h18-22,31,34,38,48-49H,2-17,23,25-27,29-30H2,1H3,(H,50,51)(H2,43,44,45)/t34-,38-,39-,40+/m1/s1. The van der Waals surface area contributed by atoms with E-state index < -0.39 is 51.1 Å². The number of nitrogens with zero attached hydrogens (tertiary/aromatic N) is 6. The minimum absolute atomic E-state index is 0.0241. The molecule has 0 aliphatic carbocycles. The lowest BCUT2D eigenvalue weighted by molar-refractivity contribution is -0.0849. The van der Waals surface area contributed by atoms with Crippen LogP contribution in [0.25, 0.3) is 5.52 Å². The average molecular weight is 814 g/mol. The summed E-state index contributed by atoms with van der Waals surface area (Å²) >= 11 is 0. The Morgan fingerprint density at radius 3 is 2.25 bits per heavy atom. The molecule has 5 N–H and O–H groups in total. The highest BCUT2D eigenvalue weighted by molar-refractivity contribution is 7.47. The van der Waals surface area contributed by atoms with E-state index in [1.807, 2.05) is 6.07 Å². The van der Waals surface area contributed by atoms with Crippen LogP contribution in [-0.4, -0.2) is 85.5 Å². The van der Waals surface area contributed by atoms with Gasteiger partial charge in [0.05, 0.1) is 37.8 Å². The highest BCUT2D eigenvalue weighted by Crippen LogP contribution is 2.47. The minimum Gasteiger partial charge on any atom is -0.385 e. The van der Waals surface area contributed by atoms with Crippen molar-refractivity contribution in [2.75, 3.05) is 38.8 Å². The van der Waals surface area contributed by atoms with E-state index in [9.17, 15) is 30.2 Å². The van der Waals surface area contributed by atoms with Gasteiger partial charge in [0.1, 0.15) is 48.5 Å². The lowest BCUT2D eigenvalue weighted by atomic mass is 9.86. The normalized spacial score (nSPS) is 21.0. The van der Waals surface area contributed by atoms with Gasteiger partial charge in [-0.2, -0.15) is 15.6 Å². The molecule has 4 rings (SSSR count). The van der Waals surface area contributed by atoms with Crippen molar-refractivity contribution in [3.8, 4) is 12.1 Å². The molecule has 0 amide bonds. The maximum Gasteiger partial charge on any atom is 0.472 e. The second-order valence-corrected chi connectivity index (χ2v) is 16.2. The number of phosphoric ester groups is 1. The van der Waals surface area contributed by atoms with Crippen LogP contribution in [-0.2, 0) is 40.0 Å². The molecule has 16 nitrogen and oxygen atoms in total. The molecule has 314 valence electrons. The fourth-order valence-electron chi connectivity index (χ4n) is 6.85. The number of unbranched alkanes of at least 4 members (excludes halogenated alkanes) is 15. The zero-order chi connectivity index (χ0) is 41.0. The Labute approximate surface area is 335 Å². The van der Waals surface area contributed by atoms with Crippen LogP contribution in [0.4, 0.5) is 5.82 Å². The fraction of sp³-hybridized carbons (Fsp3) is 0.675. The maximum atomic E-state index is 13.1. The number of anilines is 1. The van der Waals surface area contributed by atoms with Crippen LogP contribution < -0.4 is 5.73 Å². The Bertz CT molecular complexity index is 1790. The van der Waals surface area contributed by atoms with Crippen LogP contribution in [0.15, 0.2) is 36.7 Å². The van der Waals surface area contributed by atoms with Gasteiger partial charge in [-0.15, -0.1) is 0 Å². The van der Waals surface area contributed by atoms with Crippen LogP contribution in [0.2, 0.25) is 0 Å². The van der Waals surface area contributed by atoms with Crippen molar-refractivity contribution in [3.63, 3.8) is 0 Å². The zero-order valence-corrected chi connectivity index (χ0v) is 34.1. The summed E-state index contributed by atoms with van der Waals surface area (Å²) in [4.78, 5) is 18.7. The van der Waals surface area contributed by atoms with Gasteiger partial charge in [0, 0.05) is 6.61 Å². The summed E-state index contributed by atoms with van der Waals surface area (Å²) in [7, 11) is -4.88. The highest BCUT2D eigenvalue weighted by atomic mass is 31.2. The molecule has 0 aromatic carbocycles. The number of hydrogen-bond acceptors (Lipinski definition) is 14. The van der Waals surface area contributed by atoms with Crippen molar-refractivity contribution in [2.45, 2.75) is 140 Å². The molecular weight excluding hydrogens is 753 g/mol. The number of aliphatic hydroxyl groups is 2. The second kappa shape index (κ2) is 23.8. The number of nitrogen functional groups attached to an aromatic ring is 1. The third-order valence-electron chi connectivity index (χ3n) is 10.3. The van der Waals surface area contributed by atoms with Crippen LogP contribution in [0, 0.1) is 22.7 Å². The fourth-order valence-corrected chi connectivity index (χ4v) is 7.64. The summed E-state index contributed by atoms with van der Waals surface area (Å²) in [6.45, 7) is 0.806. The number of aromatic nitrogens is 4. The summed E-state index contributed by atoms with van der Waals surface area (Å²) in [6, 6.07) is 11.7. The second-order valence-electron chi connectivity index (χ2n) is 14.8. The summed E-state index contributed by atoms with van der Waals surface area (Å²) in [5.41, 5.74) is 2.60. The summed E-state index contributed by atoms with van der Waals surface area (Å²) in [5, 5.41) is 46.0. The molecule has 4 heterocycles. The number of pyridine rings is 1. The van der Waals surface area contributed by atoms with Crippen LogP contribution >= 0.6 is 7.82 Å². The van der Waals surface area contributed by atoms with Gasteiger partial charge in [-0.1, -0.05) is 109 Å². The van der Waals surface area contributed by atoms with Gasteiger partial charge in [0.25, 0.3) is 0 Å². The van der Waals surface area contributed by atoms with Crippen molar-refractivity contribution in [3.05, 3.63) is 53.7 Å². The third kappa shape index (κ3) is 14.1. The molecule has 3 aromatic rings. The lowest BCUT2D eigenvalue weighted by Gasteiger charge is -2.30. The van der Waals surface area contributed by atoms with E-state index >= 15 is 0 Å². The van der Waals surface area contributed by atoms with E-state index in [1.165, 1.54) is 106 Å². The maximum absolute atomic E-state index is 13.1. The van der Waals surface area contributed by atoms with Gasteiger partial charge in [-0.25, -0.2) is 19.0 Å². The first-order chi connectivity index (χ1) is 27.6. The summed E-state index contributed by atoms with van der Waals surface area (Å²) in [6.07, 6.45) is 18.6. The lowest BCUT2D eigenvalue weighted by Crippen LogP contribution is -2.50. The smallest absolute Gasteiger partial charge is 0.385 e. The van der Waals surface area contributed by atoms with E-state index in [-0.39, 0.29) is 30.4 Å². The number of fused-ring (bicyclic) bond motifs is 1. The van der Waals surface area contributed by atoms with Gasteiger partial charge < -0.3 is 35.1 Å². The number of aliphatic hydroxyl groups excluding tert-OH is 1. The zero-order valence-electron chi connectivity index (χ0n) is 33.2. The number of ether oxygens (including phenoxy) is 3. The molecule has 1 unspecified atom stereocenters. The molecule has 57 heavy (non-hydrogen) atoms. The molecule has 3 aromatic heterocycles. The van der Waals surface area contributed by atoms with E-state index in [0.717, 1.165) is 19.3 Å². The molecule has 0 bridgehead atoms. The van der Waals surface area contributed by atoms with Crippen LogP contribution in [0.5, 0.6) is 0 Å². The molecular formula is C40H60N7O9P. The van der Waals surface area contributed by atoms with Crippen molar-refractivity contribution in [2.24, 2.45) is 0 Å². The topological polar surface area (TPSA) is 241 Å². The molecule has 1 aliphatic heterocycles. The van der Waals surface area contributed by atoms with Crippen molar-refractivity contribution < 1.29 is 42.9 Å². The van der Waals surface area contributed by atoms with Gasteiger partial charge >= 0.3 is 7.82 Å². The summed E-state index contributed by atoms with van der Waals surface area (Å²) < 4.78 is 42.1. The quantitative estimate of drug-likeness (QED) is 0.0437. The van der Waals surface area contributed by atoms with Gasteiger partial charge in [-0.3, -0.25) is 9.05 Å². The first kappa shape index (κ1) is 46.2. The van der Waals surface area contributed by atoms with E-state index in [0.29, 0.717) is 17.8 Å². The summed E-state index contributed by atoms with van der Waals surface area (Å²) in [5.74, 6) is 0.126. The Kier molecular flexibility index (Phi) is 19.2. The van der Waals surface area contributed by atoms with Crippen LogP contribution in [0.1, 0.15) is 127 Å². The van der Waals surface area contributed by atoms with E-state index in [1.54, 1.807) is 24.3 Å². The Hall–Kier alpha value is -3.54. The number of phosphoric acid groups is 1. The molecule has 0 spiro atoms. The van der Waals surface area contributed by atoms with Gasteiger partial charge in [0.15, 0.2) is 11.4 Å². The molecule has 1 fully saturated rings. The SMILES string of the molecule is CCCCCCCCCCCCCCCCCCOC[C@H](COP(=O)(O)OC[C@@]1(C#N)OC[C@](O)(c2ccc3c(N)ncnn23)[C@@H]1O)OCc1cccc(C#N)n1. The molecule has 1 aliphatic rings. The number of nitriles is 2. The molecule has 5 atom stereocenters. The van der Waals surface area contributed by atoms with Gasteiger partial charge in [0.2, 0.25) is 5.60 Å². The van der Waals surface area contributed by atoms with Crippen molar-refractivity contribution in [1.82, 2.24) is 19.6 Å². The number of nitrogens with two attached hydrogens (primary N) is 1. The Balaban J connectivity index is 1.19. The molecule has 1 saturated heterocycles. The number of rotatable bonds is 29. The largest absolute Gasteiger partial charge is 0.472 e. The molecule has 0 radical (unpaired) electrons. The highest BCUT2D eigenvalue weighted by Gasteiger charge is 2.61. The first-order valence-electron chi connectivity index (χ1n) is 20.3. The van der Waals surface area contributed by atoms with Crippen molar-refractivity contribution in [1.29, 1.82) is 10.5 Å². The minimum atomic E-state index is -4.88. The van der Waals surface area contributed by atoms with Crippen LogP contribution in [0.3, 0.4) is 0 Å². The van der Waals surface area contributed by atoms with E-state index in [2.05, 4.69) is 22.0 Å². The third-order valence-corrected chi connectivity index (χ3v) is 11.2. The van der Waals surface area contributed by atoms with E-state index in [4.69, 9.17) is 29.0 Å².